The Kier molecular flexibility index (Phi) is 5.67. The first-order valence-corrected chi connectivity index (χ1v) is 10.1. The molecule has 1 aliphatic heterocycles. The molecule has 0 aliphatic carbocycles. The molecule has 0 atom stereocenters. The largest absolute Gasteiger partial charge is 0.340 e. The molecule has 1 aromatic heterocycles. The fourth-order valence-electron chi connectivity index (χ4n) is 2.76. The lowest BCUT2D eigenvalue weighted by Gasteiger charge is -2.32. The molecule has 26 heavy (non-hydrogen) atoms. The van der Waals surface area contributed by atoms with Crippen LogP contribution >= 0.6 is 0 Å². The maximum Gasteiger partial charge on any atom is 0.227 e. The van der Waals surface area contributed by atoms with Crippen LogP contribution in [0.25, 0.3) is 0 Å². The Labute approximate surface area is 152 Å². The van der Waals surface area contributed by atoms with Gasteiger partial charge in [0.1, 0.15) is 5.75 Å². The number of likely N-dealkylation sites (N-methyl/N-ethyl adjacent to an activating group) is 1. The number of hydrogen-bond donors (Lipinski definition) is 0. The Hall–Kier alpha value is -2.26. The number of piperazine rings is 1. The zero-order valence-corrected chi connectivity index (χ0v) is 15.5. The molecule has 0 spiro atoms. The normalized spacial score (nSPS) is 16.0. The van der Waals surface area contributed by atoms with Crippen molar-refractivity contribution in [1.82, 2.24) is 19.9 Å². The number of sulfone groups is 1. The number of nitrogens with zero attached hydrogens (tertiary/aromatic N) is 4. The van der Waals surface area contributed by atoms with Crippen molar-refractivity contribution in [2.45, 2.75) is 23.5 Å². The van der Waals surface area contributed by atoms with Gasteiger partial charge in [-0.2, -0.15) is 4.98 Å². The highest BCUT2D eigenvalue weighted by atomic mass is 32.2. The number of rotatable bonds is 6. The highest BCUT2D eigenvalue weighted by molar-refractivity contribution is 7.90. The molecule has 0 N–H and O–H groups in total. The third-order valence-electron chi connectivity index (χ3n) is 4.34. The second-order valence-corrected chi connectivity index (χ2v) is 8.35. The van der Waals surface area contributed by atoms with Crippen molar-refractivity contribution in [3.63, 3.8) is 0 Å². The monoisotopic (exact) mass is 378 g/mol. The van der Waals surface area contributed by atoms with E-state index in [4.69, 9.17) is 4.52 Å². The highest BCUT2D eigenvalue weighted by Crippen LogP contribution is 2.15. The fourth-order valence-corrected chi connectivity index (χ4v) is 3.95. The summed E-state index contributed by atoms with van der Waals surface area (Å²) < 4.78 is 29.7. The SMILES string of the molecule is CN1CCN(C(=O)CCc2nc(CS(=O)(=O)c3ccccc3)no2)CC1. The fraction of sp³-hybridized carbons (Fsp3) is 0.471. The van der Waals surface area contributed by atoms with Gasteiger partial charge in [0.25, 0.3) is 0 Å². The number of benzene rings is 1. The van der Waals surface area contributed by atoms with E-state index in [-0.39, 0.29) is 34.7 Å². The summed E-state index contributed by atoms with van der Waals surface area (Å²) in [5.41, 5.74) is 0. The van der Waals surface area contributed by atoms with Crippen LogP contribution < -0.4 is 0 Å². The topological polar surface area (TPSA) is 96.6 Å². The minimum Gasteiger partial charge on any atom is -0.340 e. The maximum atomic E-state index is 12.3. The molecule has 2 aromatic rings. The predicted octanol–water partition coefficient (Wildman–Crippen LogP) is 0.750. The Balaban J connectivity index is 1.54. The number of hydrogen-bond acceptors (Lipinski definition) is 7. The van der Waals surface area contributed by atoms with Crippen LogP contribution in [0, 0.1) is 0 Å². The lowest BCUT2D eigenvalue weighted by Crippen LogP contribution is -2.47. The van der Waals surface area contributed by atoms with E-state index in [1.807, 2.05) is 11.9 Å². The van der Waals surface area contributed by atoms with Crippen LogP contribution in [0.2, 0.25) is 0 Å². The summed E-state index contributed by atoms with van der Waals surface area (Å²) in [7, 11) is -1.49. The van der Waals surface area contributed by atoms with Crippen molar-refractivity contribution in [2.24, 2.45) is 0 Å². The molecule has 8 nitrogen and oxygen atoms in total. The summed E-state index contributed by atoms with van der Waals surface area (Å²) in [6.45, 7) is 3.18. The van der Waals surface area contributed by atoms with Gasteiger partial charge in [-0.05, 0) is 19.2 Å². The predicted molar refractivity (Wildman–Crippen MR) is 94.0 cm³/mol. The van der Waals surface area contributed by atoms with Crippen LogP contribution in [-0.2, 0) is 26.8 Å². The van der Waals surface area contributed by atoms with E-state index in [0.717, 1.165) is 26.2 Å². The summed E-state index contributed by atoms with van der Waals surface area (Å²) in [5.74, 6) is 0.115. The number of carbonyl (C=O) groups excluding carboxylic acids is 1. The van der Waals surface area contributed by atoms with Crippen molar-refractivity contribution < 1.29 is 17.7 Å². The molecule has 1 aromatic carbocycles. The summed E-state index contributed by atoms with van der Waals surface area (Å²) in [5, 5.41) is 3.73. The first kappa shape index (κ1) is 18.5. The van der Waals surface area contributed by atoms with Crippen LogP contribution in [0.1, 0.15) is 18.1 Å². The van der Waals surface area contributed by atoms with Gasteiger partial charge < -0.3 is 14.3 Å². The lowest BCUT2D eigenvalue weighted by atomic mass is 10.2. The van der Waals surface area contributed by atoms with Crippen LogP contribution in [0.4, 0.5) is 0 Å². The molecule has 1 saturated heterocycles. The second kappa shape index (κ2) is 7.96. The molecule has 2 heterocycles. The third-order valence-corrected chi connectivity index (χ3v) is 5.97. The average molecular weight is 378 g/mol. The quantitative estimate of drug-likeness (QED) is 0.732. The van der Waals surface area contributed by atoms with Gasteiger partial charge in [-0.15, -0.1) is 0 Å². The van der Waals surface area contributed by atoms with E-state index < -0.39 is 9.84 Å². The van der Waals surface area contributed by atoms with E-state index >= 15 is 0 Å². The molecule has 1 amide bonds. The molecule has 1 fully saturated rings. The molecule has 0 unspecified atom stereocenters. The van der Waals surface area contributed by atoms with Crippen LogP contribution in [-0.4, -0.2) is 67.5 Å². The zero-order chi connectivity index (χ0) is 18.6. The summed E-state index contributed by atoms with van der Waals surface area (Å²) in [4.78, 5) is 20.6. The molecule has 0 saturated carbocycles. The van der Waals surface area contributed by atoms with E-state index in [0.29, 0.717) is 6.42 Å². The van der Waals surface area contributed by atoms with Crippen molar-refractivity contribution >= 4 is 15.7 Å². The second-order valence-electron chi connectivity index (χ2n) is 6.36. The first-order chi connectivity index (χ1) is 12.4. The third kappa shape index (κ3) is 4.67. The number of aryl methyl sites for hydroxylation is 1. The van der Waals surface area contributed by atoms with Crippen molar-refractivity contribution in [3.05, 3.63) is 42.0 Å². The van der Waals surface area contributed by atoms with Crippen molar-refractivity contribution in [2.75, 3.05) is 33.2 Å². The van der Waals surface area contributed by atoms with Crippen LogP contribution in [0.3, 0.4) is 0 Å². The van der Waals surface area contributed by atoms with Gasteiger partial charge in [-0.25, -0.2) is 8.42 Å². The number of aromatic nitrogens is 2. The molecular formula is C17H22N4O4S. The first-order valence-electron chi connectivity index (χ1n) is 8.49. The minimum atomic E-state index is -3.52. The van der Waals surface area contributed by atoms with Gasteiger partial charge in [-0.1, -0.05) is 23.4 Å². The van der Waals surface area contributed by atoms with E-state index in [1.54, 1.807) is 18.2 Å². The Bertz CT molecular complexity index is 843. The highest BCUT2D eigenvalue weighted by Gasteiger charge is 2.21. The molecule has 9 heteroatoms. The van der Waals surface area contributed by atoms with Gasteiger partial charge in [0.15, 0.2) is 15.7 Å². The Morgan fingerprint density at radius 2 is 1.85 bits per heavy atom. The van der Waals surface area contributed by atoms with Crippen molar-refractivity contribution in [3.8, 4) is 0 Å². The van der Waals surface area contributed by atoms with Crippen LogP contribution in [0.5, 0.6) is 0 Å². The molecule has 3 rings (SSSR count). The standard InChI is InChI=1S/C17H22N4O4S/c1-20-9-11-21(12-10-20)17(22)8-7-16-18-15(19-25-16)13-26(23,24)14-5-3-2-4-6-14/h2-6H,7-13H2,1H3. The molecule has 1 aliphatic rings. The molecular weight excluding hydrogens is 356 g/mol. The number of carbonyl (C=O) groups is 1. The van der Waals surface area contributed by atoms with E-state index in [9.17, 15) is 13.2 Å². The molecule has 140 valence electrons. The van der Waals surface area contributed by atoms with Gasteiger partial charge >= 0.3 is 0 Å². The average Bonchev–Trinajstić information content (AvgIpc) is 3.08. The maximum absolute atomic E-state index is 12.3. The number of amides is 1. The smallest absolute Gasteiger partial charge is 0.227 e. The molecule has 0 bridgehead atoms. The van der Waals surface area contributed by atoms with Crippen molar-refractivity contribution in [1.29, 1.82) is 0 Å². The van der Waals surface area contributed by atoms with E-state index in [2.05, 4.69) is 15.0 Å². The summed E-state index contributed by atoms with van der Waals surface area (Å²) in [6, 6.07) is 8.15. The van der Waals surface area contributed by atoms with Gasteiger partial charge in [0.2, 0.25) is 11.8 Å². The lowest BCUT2D eigenvalue weighted by molar-refractivity contribution is -0.132. The minimum absolute atomic E-state index is 0.0507. The van der Waals surface area contributed by atoms with E-state index in [1.165, 1.54) is 12.1 Å². The summed E-state index contributed by atoms with van der Waals surface area (Å²) >= 11 is 0. The Morgan fingerprint density at radius 3 is 2.54 bits per heavy atom. The van der Waals surface area contributed by atoms with Gasteiger partial charge in [0, 0.05) is 39.0 Å². The Morgan fingerprint density at radius 1 is 1.15 bits per heavy atom. The van der Waals surface area contributed by atoms with Gasteiger partial charge in [0.05, 0.1) is 4.90 Å². The van der Waals surface area contributed by atoms with Gasteiger partial charge in [-0.3, -0.25) is 4.79 Å². The summed E-state index contributed by atoms with van der Waals surface area (Å²) in [6.07, 6.45) is 0.584. The molecule has 0 radical (unpaired) electrons. The van der Waals surface area contributed by atoms with Crippen LogP contribution in [0.15, 0.2) is 39.8 Å². The zero-order valence-electron chi connectivity index (χ0n) is 14.7.